The van der Waals surface area contributed by atoms with Gasteiger partial charge in [0, 0.05) is 18.6 Å². The maximum absolute atomic E-state index is 11.5. The fourth-order valence-electron chi connectivity index (χ4n) is 1.87. The lowest BCUT2D eigenvalue weighted by Crippen LogP contribution is -2.44. The third-order valence-electron chi connectivity index (χ3n) is 2.35. The highest BCUT2D eigenvalue weighted by Crippen LogP contribution is 2.06. The molecule has 0 heterocycles. The van der Waals surface area contributed by atoms with Crippen molar-refractivity contribution in [1.29, 1.82) is 0 Å². The Morgan fingerprint density at radius 2 is 1.67 bits per heavy atom. The van der Waals surface area contributed by atoms with E-state index in [0.717, 1.165) is 6.42 Å². The summed E-state index contributed by atoms with van der Waals surface area (Å²) < 4.78 is 5.18. The Morgan fingerprint density at radius 3 is 2.11 bits per heavy atom. The number of hydrogen-bond donors (Lipinski definition) is 2. The summed E-state index contributed by atoms with van der Waals surface area (Å²) in [6.07, 6.45) is 0.782. The van der Waals surface area contributed by atoms with Gasteiger partial charge in [-0.1, -0.05) is 13.8 Å². The van der Waals surface area contributed by atoms with E-state index >= 15 is 0 Å². The quantitative estimate of drug-likeness (QED) is 0.770. The minimum absolute atomic E-state index is 0.242. The van der Waals surface area contributed by atoms with Gasteiger partial charge in [0.1, 0.15) is 5.60 Å². The molecule has 18 heavy (non-hydrogen) atoms. The van der Waals surface area contributed by atoms with Crippen LogP contribution in [0.3, 0.4) is 0 Å². The largest absolute Gasteiger partial charge is 0.444 e. The average Bonchev–Trinajstić information content (AvgIpc) is 2.10. The van der Waals surface area contributed by atoms with Gasteiger partial charge in [0.2, 0.25) is 0 Å². The lowest BCUT2D eigenvalue weighted by atomic mass is 10.0. The third-order valence-corrected chi connectivity index (χ3v) is 2.35. The topological polar surface area (TPSA) is 50.4 Å². The highest BCUT2D eigenvalue weighted by Gasteiger charge is 2.16. The molecule has 0 radical (unpaired) electrons. The molecule has 0 saturated carbocycles. The van der Waals surface area contributed by atoms with Gasteiger partial charge in [-0.3, -0.25) is 0 Å². The lowest BCUT2D eigenvalue weighted by Gasteiger charge is -2.23. The Balaban J connectivity index is 3.83. The van der Waals surface area contributed by atoms with Crippen molar-refractivity contribution in [2.45, 2.75) is 72.6 Å². The Hall–Kier alpha value is -0.770. The van der Waals surface area contributed by atoms with Gasteiger partial charge in [-0.05, 0) is 47.0 Å². The monoisotopic (exact) mass is 258 g/mol. The molecular formula is C14H30N2O2. The summed E-state index contributed by atoms with van der Waals surface area (Å²) in [6.45, 7) is 14.8. The SMILES string of the molecule is CC(C)CC(C)NC(C)CNC(=O)OC(C)(C)C. The van der Waals surface area contributed by atoms with Crippen molar-refractivity contribution < 1.29 is 9.53 Å². The summed E-state index contributed by atoms with van der Waals surface area (Å²) in [5.41, 5.74) is -0.439. The van der Waals surface area contributed by atoms with Crippen LogP contribution in [0.1, 0.15) is 54.9 Å². The first-order valence-electron chi connectivity index (χ1n) is 6.83. The molecule has 108 valence electrons. The van der Waals surface area contributed by atoms with E-state index in [1.165, 1.54) is 0 Å². The molecule has 1 amide bonds. The number of carbonyl (C=O) groups is 1. The highest BCUT2D eigenvalue weighted by molar-refractivity contribution is 5.67. The predicted octanol–water partition coefficient (Wildman–Crippen LogP) is 2.92. The van der Waals surface area contributed by atoms with Crippen molar-refractivity contribution in [3.05, 3.63) is 0 Å². The average molecular weight is 258 g/mol. The molecule has 4 heteroatoms. The van der Waals surface area contributed by atoms with Crippen LogP contribution >= 0.6 is 0 Å². The lowest BCUT2D eigenvalue weighted by molar-refractivity contribution is 0.0522. The van der Waals surface area contributed by atoms with E-state index in [1.54, 1.807) is 0 Å². The Morgan fingerprint density at radius 1 is 1.11 bits per heavy atom. The van der Waals surface area contributed by atoms with Gasteiger partial charge in [-0.25, -0.2) is 4.79 Å². The maximum atomic E-state index is 11.5. The van der Waals surface area contributed by atoms with Gasteiger partial charge in [0.15, 0.2) is 0 Å². The summed E-state index contributed by atoms with van der Waals surface area (Å²) in [6, 6.07) is 0.701. The van der Waals surface area contributed by atoms with Crippen LogP contribution in [0.15, 0.2) is 0 Å². The van der Waals surface area contributed by atoms with Gasteiger partial charge < -0.3 is 15.4 Å². The van der Waals surface area contributed by atoms with Crippen LogP contribution in [0.25, 0.3) is 0 Å². The van der Waals surface area contributed by atoms with Crippen molar-refractivity contribution in [2.24, 2.45) is 5.92 Å². The van der Waals surface area contributed by atoms with Crippen LogP contribution in [0.5, 0.6) is 0 Å². The zero-order chi connectivity index (χ0) is 14.3. The Bertz CT molecular complexity index is 247. The summed E-state index contributed by atoms with van der Waals surface area (Å²) in [7, 11) is 0. The van der Waals surface area contributed by atoms with Crippen LogP contribution in [0, 0.1) is 5.92 Å². The van der Waals surface area contributed by atoms with E-state index in [9.17, 15) is 4.79 Å². The molecule has 0 rings (SSSR count). The highest BCUT2D eigenvalue weighted by atomic mass is 16.6. The maximum Gasteiger partial charge on any atom is 0.407 e. The van der Waals surface area contributed by atoms with E-state index in [0.29, 0.717) is 18.5 Å². The molecule has 0 spiro atoms. The molecule has 0 aliphatic rings. The fraction of sp³-hybridized carbons (Fsp3) is 0.929. The molecule has 0 saturated heterocycles. The molecule has 0 aliphatic carbocycles. The summed E-state index contributed by atoms with van der Waals surface area (Å²) >= 11 is 0. The summed E-state index contributed by atoms with van der Waals surface area (Å²) in [5, 5.41) is 6.23. The van der Waals surface area contributed by atoms with Gasteiger partial charge in [0.05, 0.1) is 0 Å². The number of nitrogens with one attached hydrogen (secondary N) is 2. The zero-order valence-electron chi connectivity index (χ0n) is 13.0. The number of carbonyl (C=O) groups excluding carboxylic acids is 1. The molecule has 0 aliphatic heterocycles. The first-order chi connectivity index (χ1) is 8.10. The second kappa shape index (κ2) is 7.62. The number of rotatable bonds is 6. The van der Waals surface area contributed by atoms with Crippen LogP contribution in [-0.2, 0) is 4.74 Å². The normalized spacial score (nSPS) is 15.3. The van der Waals surface area contributed by atoms with Gasteiger partial charge in [-0.2, -0.15) is 0 Å². The smallest absolute Gasteiger partial charge is 0.407 e. The Labute approximate surface area is 112 Å². The van der Waals surface area contributed by atoms with Crippen molar-refractivity contribution in [3.8, 4) is 0 Å². The first kappa shape index (κ1) is 17.2. The van der Waals surface area contributed by atoms with Crippen LogP contribution in [0.2, 0.25) is 0 Å². The molecule has 2 unspecified atom stereocenters. The van der Waals surface area contributed by atoms with E-state index < -0.39 is 5.60 Å². The molecule has 0 fully saturated rings. The van der Waals surface area contributed by atoms with E-state index in [1.807, 2.05) is 20.8 Å². The van der Waals surface area contributed by atoms with E-state index in [4.69, 9.17) is 4.74 Å². The van der Waals surface area contributed by atoms with Gasteiger partial charge in [-0.15, -0.1) is 0 Å². The first-order valence-corrected chi connectivity index (χ1v) is 6.83. The van der Waals surface area contributed by atoms with Gasteiger partial charge >= 0.3 is 6.09 Å². The van der Waals surface area contributed by atoms with Crippen molar-refractivity contribution in [1.82, 2.24) is 10.6 Å². The van der Waals surface area contributed by atoms with Crippen molar-refractivity contribution in [3.63, 3.8) is 0 Å². The zero-order valence-corrected chi connectivity index (χ0v) is 13.0. The summed E-state index contributed by atoms with van der Waals surface area (Å²) in [5.74, 6) is 0.679. The minimum Gasteiger partial charge on any atom is -0.444 e. The summed E-state index contributed by atoms with van der Waals surface area (Å²) in [4.78, 5) is 11.5. The molecule has 4 nitrogen and oxygen atoms in total. The Kier molecular flexibility index (Phi) is 7.29. The molecule has 2 N–H and O–H groups in total. The predicted molar refractivity (Wildman–Crippen MR) is 75.8 cm³/mol. The molecule has 0 aromatic heterocycles. The number of hydrogen-bond acceptors (Lipinski definition) is 3. The second-order valence-electron chi connectivity index (χ2n) is 6.48. The molecule has 2 atom stereocenters. The fourth-order valence-corrected chi connectivity index (χ4v) is 1.87. The molecule has 0 bridgehead atoms. The standard InChI is InChI=1S/C14H30N2O2/c1-10(2)8-11(3)16-12(4)9-15-13(17)18-14(5,6)7/h10-12,16H,8-9H2,1-7H3,(H,15,17). The van der Waals surface area contributed by atoms with Gasteiger partial charge in [0.25, 0.3) is 0 Å². The van der Waals surface area contributed by atoms with Crippen molar-refractivity contribution in [2.75, 3.05) is 6.54 Å². The second-order valence-corrected chi connectivity index (χ2v) is 6.48. The number of amides is 1. The van der Waals surface area contributed by atoms with Crippen molar-refractivity contribution >= 4 is 6.09 Å². The molecule has 0 aromatic rings. The number of ether oxygens (including phenoxy) is 1. The van der Waals surface area contributed by atoms with Crippen LogP contribution < -0.4 is 10.6 Å². The number of alkyl carbamates (subject to hydrolysis) is 1. The van der Waals surface area contributed by atoms with Crippen LogP contribution in [0.4, 0.5) is 4.79 Å². The molecular weight excluding hydrogens is 228 g/mol. The van der Waals surface area contributed by atoms with E-state index in [2.05, 4.69) is 38.3 Å². The molecule has 0 aromatic carbocycles. The third kappa shape index (κ3) is 10.4. The minimum atomic E-state index is -0.439. The van der Waals surface area contributed by atoms with E-state index in [-0.39, 0.29) is 12.1 Å². The van der Waals surface area contributed by atoms with Crippen LogP contribution in [-0.4, -0.2) is 30.3 Å².